The number of hydrogen-bond acceptors (Lipinski definition) is 2. The van der Waals surface area contributed by atoms with Gasteiger partial charge < -0.3 is 13.9 Å². The van der Waals surface area contributed by atoms with E-state index in [0.29, 0.717) is 16.9 Å². The van der Waals surface area contributed by atoms with Crippen molar-refractivity contribution in [3.63, 3.8) is 0 Å². The van der Waals surface area contributed by atoms with E-state index in [-0.39, 0.29) is 99.3 Å². The van der Waals surface area contributed by atoms with Crippen molar-refractivity contribution in [1.29, 1.82) is 0 Å². The molecule has 0 radical (unpaired) electrons. The summed E-state index contributed by atoms with van der Waals surface area (Å²) in [6, 6.07) is 50.0. The Kier molecular flexibility index (Phi) is 11.0. The Morgan fingerprint density at radius 1 is 0.424 bits per heavy atom. The Morgan fingerprint density at radius 3 is 1.56 bits per heavy atom. The summed E-state index contributed by atoms with van der Waals surface area (Å²) < 4.78 is 212. The van der Waals surface area contributed by atoms with Gasteiger partial charge in [0.05, 0.1) is 45.5 Å². The molecule has 0 saturated heterocycles. The Morgan fingerprint density at radius 2 is 0.960 bits per heavy atom. The summed E-state index contributed by atoms with van der Waals surface area (Å²) in [4.78, 5) is 5.05. The van der Waals surface area contributed by atoms with Crippen molar-refractivity contribution in [2.75, 3.05) is 0 Å². The molecule has 0 aliphatic carbocycles. The fourth-order valence-electron chi connectivity index (χ4n) is 13.7. The molecule has 480 valence electrons. The Hall–Kier alpha value is -11.0. The van der Waals surface area contributed by atoms with Crippen LogP contribution in [-0.2, 0) is 31.9 Å². The van der Waals surface area contributed by atoms with Crippen LogP contribution in [-0.4, -0.2) is 22.2 Å². The number of pyridine rings is 1. The second-order valence-corrected chi connectivity index (χ2v) is 30.1. The van der Waals surface area contributed by atoms with E-state index in [4.69, 9.17) is 17.9 Å². The van der Waals surface area contributed by atoms with Crippen molar-refractivity contribution in [3.05, 3.63) is 345 Å². The van der Waals surface area contributed by atoms with Crippen LogP contribution in [0.15, 0.2) is 315 Å². The summed E-state index contributed by atoms with van der Waals surface area (Å²) in [6.45, 7) is 11.9. The zero-order valence-electron chi connectivity index (χ0n) is 75.4. The summed E-state index contributed by atoms with van der Waals surface area (Å²) in [5.74, 6) is 1.07. The number of nitrogens with zero attached hydrogens (tertiary/aromatic N) is 4. The third-order valence-electron chi connectivity index (χ3n) is 18.3. The topological polar surface area (TPSA) is 35.9 Å². The maximum atomic E-state index is 10.6. The zero-order chi connectivity index (χ0) is 84.6. The van der Waals surface area contributed by atoms with Gasteiger partial charge in [-0.05, 0) is 157 Å². The maximum Gasteiger partial charge on any atom is 0.268 e. The van der Waals surface area contributed by atoms with Crippen LogP contribution in [0.4, 0.5) is 0 Å². The van der Waals surface area contributed by atoms with Gasteiger partial charge >= 0.3 is 0 Å². The molecule has 0 N–H and O–H groups in total. The number of fused-ring (bicyclic) bond motifs is 10. The number of para-hydroxylation sites is 1. The smallest absolute Gasteiger partial charge is 0.268 e. The number of benzene rings is 13. The van der Waals surface area contributed by atoms with Crippen LogP contribution in [0.1, 0.15) is 81.5 Å². The van der Waals surface area contributed by atoms with Gasteiger partial charge in [0, 0.05) is 44.3 Å². The van der Waals surface area contributed by atoms with E-state index in [1.807, 2.05) is 63.4 Å². The van der Waals surface area contributed by atoms with Gasteiger partial charge in [-0.25, -0.2) is 4.98 Å². The molecule has 13 aromatic carbocycles. The van der Waals surface area contributed by atoms with Crippen LogP contribution < -0.4 is 30.1 Å². The number of imidazole rings is 1. The first-order valence-corrected chi connectivity index (χ1v) is 34.1. The van der Waals surface area contributed by atoms with E-state index in [9.17, 15) is 20.6 Å². The monoisotopic (exact) mass is 1490 g/mol. The molecule has 0 saturated carbocycles. The SMILES string of the molecule is [2H]c1c([2H])c([2H])c(-c2c([2H])c(-c3cc(C(C)(C)C)cc4c3-[n+]3[c-]n(-c5[c-]c(Oc6[c-]c7c(cc6)c6cc([Si](c8ccccc8)(c8ccccc8)c8ccccc8)ccc6n7-c6cc(C(C)(C)C)ccn6)ccc5)c5cccc(c53)-c3c([2H])c([2H])c([2H])c([2H])c3-c3c([2H])c([2H])c([2H])c([2H])c3-4)c([2H])c(-c3c([2H])c([2H])c([2H])c([2H])c3[2H])c2[2H])c([2H])c1[2H].[Pt]. The molecule has 4 heterocycles. The molecule has 7 heteroatoms. The minimum Gasteiger partial charge on any atom is -0.510 e. The van der Waals surface area contributed by atoms with Crippen LogP contribution in [0.5, 0.6) is 11.5 Å². The molecule has 0 spiro atoms. The number of hydrogen-bond donors (Lipinski definition) is 0. The van der Waals surface area contributed by atoms with E-state index in [0.717, 1.165) is 27.0 Å². The van der Waals surface area contributed by atoms with Gasteiger partial charge in [0.15, 0.2) is 8.07 Å². The fraction of sp³-hybridized carbons (Fsp3) is 0.0870. The first-order chi connectivity index (χ1) is 56.6. The van der Waals surface area contributed by atoms with E-state index in [2.05, 4.69) is 141 Å². The van der Waals surface area contributed by atoms with Crippen LogP contribution in [0.3, 0.4) is 0 Å². The van der Waals surface area contributed by atoms with Gasteiger partial charge in [-0.3, -0.25) is 4.57 Å². The van der Waals surface area contributed by atoms with Gasteiger partial charge in [-0.15, -0.1) is 29.7 Å². The fourth-order valence-corrected chi connectivity index (χ4v) is 18.4. The standard InChI is InChI=1S/C92H70N4OSi.Pt/c1-91(2,3)67-50-51-93-88(57-67)96-85-49-47-75(98(72-34-16-9-17-35-72,73-36-18-10-19-37-73)74-38-20-11-21-39-74)60-83(85)80-48-46-71(59-87(80)96)97-70-33-26-32-69(58-70)94-61-95-89-82(66-53-64(62-28-12-7-13-29-62)52-65(54-66)63-30-14-8-15-31-63)55-68(92(4,5)6)56-84(89)79-43-25-23-41-77(79)76-40-22-24-42-78(76)81-44-27-45-86(94)90(81)95;/h7-57,60H,1-6H3;/q-2;/i7D,8D,12D,13D,14D,15D,22D,23D,24D,25D,28D,29D,30D,31D,40D,41D,42D,43D,52D,53D,54D;. The number of rotatable bonds is 11. The molecule has 1 aliphatic heterocycles. The Balaban J connectivity index is 0.0000107. The van der Waals surface area contributed by atoms with E-state index >= 15 is 0 Å². The summed E-state index contributed by atoms with van der Waals surface area (Å²) in [5, 5.41) is 6.54. The third kappa shape index (κ3) is 11.0. The van der Waals surface area contributed by atoms with Crippen molar-refractivity contribution in [2.24, 2.45) is 0 Å². The number of aromatic nitrogens is 4. The normalized spacial score (nSPS) is 15.0. The molecule has 0 bridgehead atoms. The second-order valence-electron chi connectivity index (χ2n) is 26.3. The van der Waals surface area contributed by atoms with Crippen LogP contribution in [0, 0.1) is 18.5 Å². The first kappa shape index (κ1) is 43.3. The van der Waals surface area contributed by atoms with E-state index < -0.39 is 168 Å². The molecule has 3 aromatic heterocycles. The molecule has 0 atom stereocenters. The average molecular weight is 1490 g/mol. The van der Waals surface area contributed by atoms with Crippen molar-refractivity contribution in [2.45, 2.75) is 52.4 Å². The van der Waals surface area contributed by atoms with Crippen molar-refractivity contribution >= 4 is 61.7 Å². The molecule has 1 aliphatic rings. The first-order valence-electron chi connectivity index (χ1n) is 42.6. The second kappa shape index (κ2) is 25.1. The molecule has 0 unspecified atom stereocenters. The average Bonchev–Trinajstić information content (AvgIpc) is 1.59. The van der Waals surface area contributed by atoms with Crippen molar-refractivity contribution in [3.8, 4) is 95.5 Å². The largest absolute Gasteiger partial charge is 0.510 e. The predicted molar refractivity (Wildman–Crippen MR) is 407 cm³/mol. The molecule has 17 rings (SSSR count). The van der Waals surface area contributed by atoms with Gasteiger partial charge in [-0.1, -0.05) is 289 Å². The number of ether oxygens (including phenoxy) is 1. The van der Waals surface area contributed by atoms with Crippen LogP contribution in [0.2, 0.25) is 0 Å². The van der Waals surface area contributed by atoms with E-state index in [1.165, 1.54) is 20.1 Å². The van der Waals surface area contributed by atoms with Gasteiger partial charge in [0.1, 0.15) is 5.82 Å². The molecular weight excluding hydrogens is 1400 g/mol. The third-order valence-corrected chi connectivity index (χ3v) is 23.1. The molecule has 16 aromatic rings. The minimum absolute atomic E-state index is 0. The zero-order valence-corrected chi connectivity index (χ0v) is 57.7. The van der Waals surface area contributed by atoms with Crippen molar-refractivity contribution < 1.29 is 59.2 Å². The molecule has 5 nitrogen and oxygen atoms in total. The molecule has 99 heavy (non-hydrogen) atoms. The van der Waals surface area contributed by atoms with Crippen molar-refractivity contribution in [1.82, 2.24) is 14.1 Å². The minimum atomic E-state index is -3.07. The summed E-state index contributed by atoms with van der Waals surface area (Å²) in [7, 11) is -3.07. The Bertz CT molecular complexity index is 6820. The summed E-state index contributed by atoms with van der Waals surface area (Å²) in [6.07, 6.45) is 5.33. The van der Waals surface area contributed by atoms with E-state index in [1.54, 1.807) is 53.1 Å². The van der Waals surface area contributed by atoms with Gasteiger partial charge in [-0.2, -0.15) is 18.2 Å². The van der Waals surface area contributed by atoms with Crippen LogP contribution in [0.25, 0.3) is 117 Å². The summed E-state index contributed by atoms with van der Waals surface area (Å²) >= 11 is 0. The maximum absolute atomic E-state index is 10.6. The summed E-state index contributed by atoms with van der Waals surface area (Å²) in [5.41, 5.74) is -2.98. The van der Waals surface area contributed by atoms with Gasteiger partial charge in [0.2, 0.25) is 0 Å². The molecule has 0 amide bonds. The predicted octanol–water partition coefficient (Wildman–Crippen LogP) is 19.9. The molecule has 0 fully saturated rings. The van der Waals surface area contributed by atoms with Gasteiger partial charge in [0.25, 0.3) is 6.33 Å². The molecular formula is C92H70N4OPtSi-2. The quantitative estimate of drug-likeness (QED) is 0.0560. The van der Waals surface area contributed by atoms with Crippen LogP contribution >= 0.6 is 0 Å². The Labute approximate surface area is 624 Å².